The van der Waals surface area contributed by atoms with E-state index in [2.05, 4.69) is 16.8 Å². The van der Waals surface area contributed by atoms with E-state index in [9.17, 15) is 14.3 Å². The lowest BCUT2D eigenvalue weighted by Gasteiger charge is -2.29. The molecule has 0 atom stereocenters. The predicted octanol–water partition coefficient (Wildman–Crippen LogP) is 2.22. The van der Waals surface area contributed by atoms with Gasteiger partial charge in [-0.3, -0.25) is 4.79 Å². The highest BCUT2D eigenvalue weighted by Gasteiger charge is 2.22. The minimum Gasteiger partial charge on any atom is -0.393 e. The van der Waals surface area contributed by atoms with Gasteiger partial charge in [-0.2, -0.15) is 0 Å². The van der Waals surface area contributed by atoms with Gasteiger partial charge in [-0.1, -0.05) is 17.9 Å². The molecule has 0 aliphatic carbocycles. The van der Waals surface area contributed by atoms with Crippen LogP contribution in [-0.4, -0.2) is 40.1 Å². The van der Waals surface area contributed by atoms with Gasteiger partial charge in [0.1, 0.15) is 11.5 Å². The molecule has 3 rings (SSSR count). The monoisotopic (exact) mass is 324 g/mol. The molecule has 0 unspecified atom stereocenters. The van der Waals surface area contributed by atoms with Crippen LogP contribution in [0.4, 0.5) is 4.39 Å². The molecule has 0 saturated carbocycles. The molecule has 1 fully saturated rings. The van der Waals surface area contributed by atoms with Crippen LogP contribution in [0.25, 0.3) is 0 Å². The summed E-state index contributed by atoms with van der Waals surface area (Å²) in [7, 11) is 0. The fourth-order valence-corrected chi connectivity index (χ4v) is 2.54. The van der Waals surface area contributed by atoms with Gasteiger partial charge in [0.25, 0.3) is 5.91 Å². The van der Waals surface area contributed by atoms with E-state index in [0.717, 1.165) is 0 Å². The Morgan fingerprint density at radius 1 is 1.17 bits per heavy atom. The lowest BCUT2D eigenvalue weighted by Crippen LogP contribution is -2.40. The van der Waals surface area contributed by atoms with E-state index in [1.54, 1.807) is 35.4 Å². The van der Waals surface area contributed by atoms with Crippen LogP contribution in [0.2, 0.25) is 0 Å². The Bertz CT molecular complexity index is 785. The molecule has 2 aromatic rings. The van der Waals surface area contributed by atoms with Crippen LogP contribution in [0.15, 0.2) is 42.6 Å². The van der Waals surface area contributed by atoms with E-state index >= 15 is 0 Å². The van der Waals surface area contributed by atoms with Crippen molar-refractivity contribution < 1.29 is 14.3 Å². The van der Waals surface area contributed by atoms with Crippen LogP contribution < -0.4 is 0 Å². The Morgan fingerprint density at radius 3 is 2.58 bits per heavy atom. The first-order chi connectivity index (χ1) is 11.6. The van der Waals surface area contributed by atoms with E-state index in [0.29, 0.717) is 42.8 Å². The standard InChI is InChI=1S/C19H17FN2O2/c20-16-3-1-2-14(12-16)4-5-15-6-7-18(21-13-15)19(24)22-10-8-17(23)9-11-22/h1-3,6-7,12-13,17,23H,8-11H2. The van der Waals surface area contributed by atoms with E-state index in [-0.39, 0.29) is 17.8 Å². The maximum absolute atomic E-state index is 13.1. The molecule has 1 N–H and O–H groups in total. The van der Waals surface area contributed by atoms with Crippen molar-refractivity contribution in [3.63, 3.8) is 0 Å². The maximum Gasteiger partial charge on any atom is 0.272 e. The predicted molar refractivity (Wildman–Crippen MR) is 87.8 cm³/mol. The number of hydrogen-bond donors (Lipinski definition) is 1. The normalized spacial score (nSPS) is 14.8. The summed E-state index contributed by atoms with van der Waals surface area (Å²) >= 11 is 0. The molecule has 122 valence electrons. The van der Waals surface area contributed by atoms with E-state index < -0.39 is 0 Å². The molecule has 1 amide bonds. The Hall–Kier alpha value is -2.71. The number of pyridine rings is 1. The highest BCUT2D eigenvalue weighted by Crippen LogP contribution is 2.13. The van der Waals surface area contributed by atoms with Crippen molar-refractivity contribution in [2.75, 3.05) is 13.1 Å². The maximum atomic E-state index is 13.1. The summed E-state index contributed by atoms with van der Waals surface area (Å²) in [4.78, 5) is 18.2. The minimum absolute atomic E-state index is 0.133. The van der Waals surface area contributed by atoms with Crippen LogP contribution in [0.3, 0.4) is 0 Å². The average molecular weight is 324 g/mol. The summed E-state index contributed by atoms with van der Waals surface area (Å²) in [5.41, 5.74) is 1.61. The lowest BCUT2D eigenvalue weighted by molar-refractivity contribution is 0.0541. The minimum atomic E-state index is -0.326. The van der Waals surface area contributed by atoms with Gasteiger partial charge in [0.05, 0.1) is 6.10 Å². The van der Waals surface area contributed by atoms with Crippen molar-refractivity contribution in [3.8, 4) is 11.8 Å². The molecule has 24 heavy (non-hydrogen) atoms. The van der Waals surface area contributed by atoms with Crippen LogP contribution >= 0.6 is 0 Å². The number of rotatable bonds is 1. The molecule has 1 aliphatic heterocycles. The molecule has 4 nitrogen and oxygen atoms in total. The number of benzene rings is 1. The molecular weight excluding hydrogens is 307 g/mol. The summed E-state index contributed by atoms with van der Waals surface area (Å²) in [5.74, 6) is 5.31. The highest BCUT2D eigenvalue weighted by atomic mass is 19.1. The number of hydrogen-bond acceptors (Lipinski definition) is 3. The summed E-state index contributed by atoms with van der Waals surface area (Å²) in [6.45, 7) is 1.09. The molecule has 5 heteroatoms. The number of aliphatic hydroxyl groups is 1. The van der Waals surface area contributed by atoms with E-state index in [1.165, 1.54) is 12.1 Å². The van der Waals surface area contributed by atoms with Crippen LogP contribution in [0.1, 0.15) is 34.5 Å². The smallest absolute Gasteiger partial charge is 0.272 e. The molecule has 2 heterocycles. The Balaban J connectivity index is 1.68. The number of amides is 1. The highest BCUT2D eigenvalue weighted by molar-refractivity contribution is 5.92. The lowest BCUT2D eigenvalue weighted by atomic mass is 10.1. The molecule has 1 aromatic carbocycles. The SMILES string of the molecule is O=C(c1ccc(C#Cc2cccc(F)c2)cn1)N1CCC(O)CC1. The first-order valence-electron chi connectivity index (χ1n) is 7.83. The van der Waals surface area contributed by atoms with Gasteiger partial charge < -0.3 is 10.0 Å². The van der Waals surface area contributed by atoms with Crippen molar-refractivity contribution in [3.05, 3.63) is 65.2 Å². The van der Waals surface area contributed by atoms with Crippen LogP contribution in [-0.2, 0) is 0 Å². The van der Waals surface area contributed by atoms with Crippen LogP contribution in [0, 0.1) is 17.7 Å². The van der Waals surface area contributed by atoms with Gasteiger partial charge in [-0.25, -0.2) is 9.37 Å². The summed E-state index contributed by atoms with van der Waals surface area (Å²) in [6, 6.07) is 9.44. The molecule has 0 bridgehead atoms. The first-order valence-corrected chi connectivity index (χ1v) is 7.83. The average Bonchev–Trinajstić information content (AvgIpc) is 2.61. The third kappa shape index (κ3) is 3.98. The number of carbonyl (C=O) groups is 1. The number of halogens is 1. The number of aliphatic hydroxyl groups excluding tert-OH is 1. The number of likely N-dealkylation sites (tertiary alicyclic amines) is 1. The van der Waals surface area contributed by atoms with Gasteiger partial charge in [-0.05, 0) is 43.2 Å². The molecule has 0 spiro atoms. The zero-order valence-electron chi connectivity index (χ0n) is 13.1. The van der Waals surface area contributed by atoms with Gasteiger partial charge in [0.2, 0.25) is 0 Å². The third-order valence-electron chi connectivity index (χ3n) is 3.91. The second-order valence-corrected chi connectivity index (χ2v) is 5.72. The third-order valence-corrected chi connectivity index (χ3v) is 3.91. The topological polar surface area (TPSA) is 53.4 Å². The van der Waals surface area contributed by atoms with Crippen molar-refractivity contribution in [2.45, 2.75) is 18.9 Å². The summed E-state index contributed by atoms with van der Waals surface area (Å²) in [5, 5.41) is 9.49. The van der Waals surface area contributed by atoms with Crippen molar-refractivity contribution in [1.29, 1.82) is 0 Å². The summed E-state index contributed by atoms with van der Waals surface area (Å²) < 4.78 is 13.1. The van der Waals surface area contributed by atoms with Gasteiger partial charge >= 0.3 is 0 Å². The second-order valence-electron chi connectivity index (χ2n) is 5.72. The van der Waals surface area contributed by atoms with Crippen LogP contribution in [0.5, 0.6) is 0 Å². The van der Waals surface area contributed by atoms with Crippen molar-refractivity contribution in [2.24, 2.45) is 0 Å². The van der Waals surface area contributed by atoms with E-state index in [1.807, 2.05) is 0 Å². The Kier molecular flexibility index (Phi) is 4.88. The number of piperidine rings is 1. The number of carbonyl (C=O) groups excluding carboxylic acids is 1. The number of nitrogens with zero attached hydrogens (tertiary/aromatic N) is 2. The zero-order valence-corrected chi connectivity index (χ0v) is 13.1. The fraction of sp³-hybridized carbons (Fsp3) is 0.263. The summed E-state index contributed by atoms with van der Waals surface area (Å²) in [6.07, 6.45) is 2.42. The number of aromatic nitrogens is 1. The molecule has 1 aliphatic rings. The molecule has 1 saturated heterocycles. The molecule has 1 aromatic heterocycles. The van der Waals surface area contributed by atoms with Gasteiger partial charge in [0.15, 0.2) is 0 Å². The molecule has 0 radical (unpaired) electrons. The second kappa shape index (κ2) is 7.24. The largest absolute Gasteiger partial charge is 0.393 e. The molecular formula is C19H17FN2O2. The van der Waals surface area contributed by atoms with Gasteiger partial charge in [-0.15, -0.1) is 0 Å². The van der Waals surface area contributed by atoms with Crippen molar-refractivity contribution >= 4 is 5.91 Å². The fourth-order valence-electron chi connectivity index (χ4n) is 2.54. The zero-order chi connectivity index (χ0) is 16.9. The van der Waals surface area contributed by atoms with Crippen molar-refractivity contribution in [1.82, 2.24) is 9.88 Å². The first kappa shape index (κ1) is 16.2. The quantitative estimate of drug-likeness (QED) is 0.819. The Morgan fingerprint density at radius 2 is 1.92 bits per heavy atom. The van der Waals surface area contributed by atoms with Gasteiger partial charge in [0, 0.05) is 30.4 Å². The van der Waals surface area contributed by atoms with E-state index in [4.69, 9.17) is 0 Å². The Labute approximate surface area is 140 Å².